The molecular formula is C22H34ClIN6O. The first-order chi connectivity index (χ1) is 14.2. The lowest BCUT2D eigenvalue weighted by atomic mass is 10.1. The first kappa shape index (κ1) is 27.2. The van der Waals surface area contributed by atoms with E-state index < -0.39 is 0 Å². The maximum Gasteiger partial charge on any atom is 0.226 e. The van der Waals surface area contributed by atoms with Crippen LogP contribution in [0.25, 0.3) is 0 Å². The number of halogens is 2. The number of hydrogen-bond donors (Lipinski definition) is 3. The maximum atomic E-state index is 12.3. The third kappa shape index (κ3) is 7.99. The Bertz CT molecular complexity index is 912. The molecule has 0 spiro atoms. The van der Waals surface area contributed by atoms with Crippen molar-refractivity contribution >= 4 is 53.1 Å². The Morgan fingerprint density at radius 3 is 2.61 bits per heavy atom. The zero-order valence-electron chi connectivity index (χ0n) is 19.2. The number of anilines is 1. The molecule has 0 fully saturated rings. The molecule has 2 rings (SSSR count). The number of amides is 1. The van der Waals surface area contributed by atoms with Crippen LogP contribution in [-0.4, -0.2) is 40.8 Å². The summed E-state index contributed by atoms with van der Waals surface area (Å²) in [5.41, 5.74) is 5.08. The van der Waals surface area contributed by atoms with Crippen LogP contribution in [0.5, 0.6) is 0 Å². The highest BCUT2D eigenvalue weighted by Crippen LogP contribution is 2.23. The van der Waals surface area contributed by atoms with Gasteiger partial charge in [0.1, 0.15) is 0 Å². The highest BCUT2D eigenvalue weighted by molar-refractivity contribution is 14.0. The molecule has 1 aromatic carbocycles. The van der Waals surface area contributed by atoms with E-state index in [0.29, 0.717) is 17.5 Å². The van der Waals surface area contributed by atoms with Gasteiger partial charge in [0.25, 0.3) is 0 Å². The zero-order valence-corrected chi connectivity index (χ0v) is 22.3. The Hall–Kier alpha value is -1.81. The number of carbonyl (C=O) groups is 1. The van der Waals surface area contributed by atoms with Crippen LogP contribution >= 0.6 is 35.6 Å². The monoisotopic (exact) mass is 560 g/mol. The number of nitrogens with one attached hydrogen (secondary N) is 3. The predicted molar refractivity (Wildman–Crippen MR) is 140 cm³/mol. The smallest absolute Gasteiger partial charge is 0.226 e. The number of carbonyl (C=O) groups excluding carboxylic acids is 1. The van der Waals surface area contributed by atoms with Crippen molar-refractivity contribution < 1.29 is 4.79 Å². The molecule has 1 aromatic heterocycles. The highest BCUT2D eigenvalue weighted by Gasteiger charge is 2.14. The van der Waals surface area contributed by atoms with E-state index in [2.05, 4.69) is 39.9 Å². The fourth-order valence-corrected chi connectivity index (χ4v) is 3.42. The summed E-state index contributed by atoms with van der Waals surface area (Å²) in [6.07, 6.45) is 1.14. The molecule has 0 aliphatic carbocycles. The van der Waals surface area contributed by atoms with Crippen molar-refractivity contribution in [2.75, 3.05) is 18.4 Å². The van der Waals surface area contributed by atoms with Gasteiger partial charge >= 0.3 is 0 Å². The van der Waals surface area contributed by atoms with Crippen molar-refractivity contribution in [3.63, 3.8) is 0 Å². The molecule has 3 N–H and O–H groups in total. The summed E-state index contributed by atoms with van der Waals surface area (Å²) in [4.78, 5) is 16.8. The largest absolute Gasteiger partial charge is 0.357 e. The van der Waals surface area contributed by atoms with E-state index in [-0.39, 0.29) is 42.3 Å². The highest BCUT2D eigenvalue weighted by atomic mass is 127. The van der Waals surface area contributed by atoms with E-state index in [1.807, 2.05) is 44.6 Å². The Labute approximate surface area is 207 Å². The maximum absolute atomic E-state index is 12.3. The summed E-state index contributed by atoms with van der Waals surface area (Å²) in [5, 5.41) is 14.7. The van der Waals surface area contributed by atoms with Crippen molar-refractivity contribution in [3.8, 4) is 0 Å². The first-order valence-corrected chi connectivity index (χ1v) is 10.7. The molecule has 0 aliphatic rings. The van der Waals surface area contributed by atoms with Crippen molar-refractivity contribution in [1.29, 1.82) is 0 Å². The molecule has 1 unspecified atom stereocenters. The van der Waals surface area contributed by atoms with E-state index >= 15 is 0 Å². The van der Waals surface area contributed by atoms with Gasteiger partial charge in [-0.3, -0.25) is 14.5 Å². The van der Waals surface area contributed by atoms with Gasteiger partial charge in [-0.05, 0) is 64.3 Å². The van der Waals surface area contributed by atoms with Gasteiger partial charge in [-0.15, -0.1) is 24.0 Å². The zero-order chi connectivity index (χ0) is 22.3. The molecule has 1 amide bonds. The first-order valence-electron chi connectivity index (χ1n) is 10.3. The molecule has 0 bridgehead atoms. The van der Waals surface area contributed by atoms with Crippen LogP contribution in [0, 0.1) is 20.8 Å². The minimum atomic E-state index is -0.0883. The van der Waals surface area contributed by atoms with E-state index in [1.54, 1.807) is 6.07 Å². The number of aryl methyl sites for hydroxylation is 2. The Morgan fingerprint density at radius 1 is 1.29 bits per heavy atom. The van der Waals surface area contributed by atoms with Gasteiger partial charge < -0.3 is 16.0 Å². The Balaban J connectivity index is 0.00000480. The van der Waals surface area contributed by atoms with Gasteiger partial charge in [-0.2, -0.15) is 5.10 Å². The van der Waals surface area contributed by atoms with E-state index in [1.165, 1.54) is 11.3 Å². The van der Waals surface area contributed by atoms with Crippen LogP contribution in [0.15, 0.2) is 23.2 Å². The van der Waals surface area contributed by atoms with Crippen LogP contribution in [0.4, 0.5) is 5.69 Å². The summed E-state index contributed by atoms with van der Waals surface area (Å²) in [6, 6.07) is 5.65. The Morgan fingerprint density at radius 2 is 2.00 bits per heavy atom. The second kappa shape index (κ2) is 12.9. The number of hydrogen-bond acceptors (Lipinski definition) is 3. The molecule has 0 aliphatic heterocycles. The molecule has 9 heteroatoms. The lowest BCUT2D eigenvalue weighted by molar-refractivity contribution is -0.116. The van der Waals surface area contributed by atoms with Crippen LogP contribution in [-0.2, 0) is 18.3 Å². The third-order valence-electron chi connectivity index (χ3n) is 5.05. The second-order valence-corrected chi connectivity index (χ2v) is 7.90. The molecule has 0 saturated heterocycles. The summed E-state index contributed by atoms with van der Waals surface area (Å²) in [6.45, 7) is 11.3. The van der Waals surface area contributed by atoms with Crippen molar-refractivity contribution in [2.24, 2.45) is 12.0 Å². The molecule has 0 saturated carbocycles. The van der Waals surface area contributed by atoms with Gasteiger partial charge in [0.15, 0.2) is 5.96 Å². The molecule has 172 valence electrons. The SMILES string of the molecule is CCNC(=NCCC(=O)Nc1cccc(Cl)c1C)NC(C)Cc1c(C)nn(C)c1C.I. The van der Waals surface area contributed by atoms with Crippen molar-refractivity contribution in [1.82, 2.24) is 20.4 Å². The second-order valence-electron chi connectivity index (χ2n) is 7.49. The van der Waals surface area contributed by atoms with Gasteiger partial charge in [-0.1, -0.05) is 17.7 Å². The predicted octanol–water partition coefficient (Wildman–Crippen LogP) is 4.13. The lowest BCUT2D eigenvalue weighted by Crippen LogP contribution is -2.43. The van der Waals surface area contributed by atoms with Gasteiger partial charge in [-0.25, -0.2) is 0 Å². The van der Waals surface area contributed by atoms with E-state index in [0.717, 1.165) is 29.9 Å². The molecular weight excluding hydrogens is 527 g/mol. The molecule has 0 radical (unpaired) electrons. The molecule has 31 heavy (non-hydrogen) atoms. The number of rotatable bonds is 8. The average Bonchev–Trinajstić information content (AvgIpc) is 2.91. The van der Waals surface area contributed by atoms with Crippen molar-refractivity contribution in [2.45, 2.75) is 53.5 Å². The number of aromatic nitrogens is 2. The summed E-state index contributed by atoms with van der Waals surface area (Å²) in [7, 11) is 1.96. The normalized spacial score (nSPS) is 12.2. The topological polar surface area (TPSA) is 83.3 Å². The van der Waals surface area contributed by atoms with Gasteiger partial charge in [0, 0.05) is 42.5 Å². The minimum absolute atomic E-state index is 0. The standard InChI is InChI=1S/C22H33ClN6O.HI/c1-7-24-22(26-14(2)13-18-16(4)28-29(6)17(18)5)25-12-11-21(30)27-20-10-8-9-19(23)15(20)3;/h8-10,14H,7,11-13H2,1-6H3,(H,27,30)(H2,24,25,26);1H. The number of aliphatic imine (C=N–C) groups is 1. The van der Waals surface area contributed by atoms with Crippen LogP contribution in [0.1, 0.15) is 42.8 Å². The molecule has 1 heterocycles. The fourth-order valence-electron chi connectivity index (χ4n) is 3.25. The minimum Gasteiger partial charge on any atom is -0.357 e. The number of guanidine groups is 1. The number of nitrogens with zero attached hydrogens (tertiary/aromatic N) is 3. The van der Waals surface area contributed by atoms with E-state index in [9.17, 15) is 4.79 Å². The number of benzene rings is 1. The summed E-state index contributed by atoms with van der Waals surface area (Å²) in [5.74, 6) is 0.616. The van der Waals surface area contributed by atoms with Crippen molar-refractivity contribution in [3.05, 3.63) is 45.7 Å². The van der Waals surface area contributed by atoms with Gasteiger partial charge in [0.2, 0.25) is 5.91 Å². The summed E-state index contributed by atoms with van der Waals surface area (Å²) < 4.78 is 1.91. The lowest BCUT2D eigenvalue weighted by Gasteiger charge is -2.18. The molecule has 1 atom stereocenters. The average molecular weight is 561 g/mol. The molecule has 2 aromatic rings. The van der Waals surface area contributed by atoms with Crippen LogP contribution in [0.2, 0.25) is 5.02 Å². The Kier molecular flexibility index (Phi) is 11.3. The fraction of sp³-hybridized carbons (Fsp3) is 0.500. The quantitative estimate of drug-likeness (QED) is 0.258. The summed E-state index contributed by atoms with van der Waals surface area (Å²) >= 11 is 6.11. The van der Waals surface area contributed by atoms with Crippen LogP contribution < -0.4 is 16.0 Å². The molecule has 7 nitrogen and oxygen atoms in total. The van der Waals surface area contributed by atoms with Crippen LogP contribution in [0.3, 0.4) is 0 Å². The van der Waals surface area contributed by atoms with E-state index in [4.69, 9.17) is 11.6 Å². The third-order valence-corrected chi connectivity index (χ3v) is 5.46. The van der Waals surface area contributed by atoms with Gasteiger partial charge in [0.05, 0.1) is 12.2 Å².